The summed E-state index contributed by atoms with van der Waals surface area (Å²) < 4.78 is 0. The first kappa shape index (κ1) is 8.79. The summed E-state index contributed by atoms with van der Waals surface area (Å²) >= 11 is 0. The van der Waals surface area contributed by atoms with Gasteiger partial charge >= 0.3 is 0 Å². The van der Waals surface area contributed by atoms with Gasteiger partial charge in [-0.05, 0) is 39.5 Å². The van der Waals surface area contributed by atoms with Gasteiger partial charge in [-0.3, -0.25) is 4.79 Å². The first-order chi connectivity index (χ1) is 6.18. The zero-order valence-electron chi connectivity index (χ0n) is 8.39. The third-order valence-electron chi connectivity index (χ3n) is 3.54. The fourth-order valence-corrected chi connectivity index (χ4v) is 2.25. The fourth-order valence-electron chi connectivity index (χ4n) is 2.25. The maximum Gasteiger partial charge on any atom is 0.225 e. The monoisotopic (exact) mass is 179 g/mol. The standard InChI is InChI=1S/C11H17NO/c1-7-3-5-9-10(12-11(9)13)6-4-8(7)2/h9-10H,3-6H2,1-2H3,(H,12,13)/b8-7-/t9-,10+/m0/s1. The molecule has 1 heterocycles. The zero-order chi connectivity index (χ0) is 9.42. The van der Waals surface area contributed by atoms with Crippen LogP contribution in [0.25, 0.3) is 0 Å². The molecule has 13 heavy (non-hydrogen) atoms. The van der Waals surface area contributed by atoms with E-state index in [0.717, 1.165) is 25.7 Å². The highest BCUT2D eigenvalue weighted by molar-refractivity contribution is 5.85. The van der Waals surface area contributed by atoms with Crippen LogP contribution in [0.5, 0.6) is 0 Å². The van der Waals surface area contributed by atoms with Gasteiger partial charge in [0.05, 0.1) is 5.92 Å². The molecule has 1 saturated heterocycles. The van der Waals surface area contributed by atoms with E-state index in [1.165, 1.54) is 11.1 Å². The van der Waals surface area contributed by atoms with Crippen molar-refractivity contribution in [2.24, 2.45) is 5.92 Å². The minimum atomic E-state index is 0.275. The van der Waals surface area contributed by atoms with Crippen LogP contribution in [-0.2, 0) is 4.79 Å². The molecule has 0 bridgehead atoms. The van der Waals surface area contributed by atoms with Crippen LogP contribution < -0.4 is 5.32 Å². The van der Waals surface area contributed by atoms with E-state index in [4.69, 9.17) is 0 Å². The normalized spacial score (nSPS) is 39.7. The molecule has 0 spiro atoms. The van der Waals surface area contributed by atoms with E-state index < -0.39 is 0 Å². The van der Waals surface area contributed by atoms with Gasteiger partial charge in [0, 0.05) is 6.04 Å². The molecule has 0 aromatic carbocycles. The Kier molecular flexibility index (Phi) is 2.14. The smallest absolute Gasteiger partial charge is 0.225 e. The van der Waals surface area contributed by atoms with Crippen molar-refractivity contribution < 1.29 is 4.79 Å². The van der Waals surface area contributed by atoms with Crippen LogP contribution in [0.4, 0.5) is 0 Å². The average molecular weight is 179 g/mol. The predicted molar refractivity (Wildman–Crippen MR) is 52.3 cm³/mol. The first-order valence-electron chi connectivity index (χ1n) is 5.14. The Bertz CT molecular complexity index is 267. The summed E-state index contributed by atoms with van der Waals surface area (Å²) in [7, 11) is 0. The Hall–Kier alpha value is -0.790. The lowest BCUT2D eigenvalue weighted by molar-refractivity contribution is -0.135. The number of fused-ring (bicyclic) bond motifs is 1. The molecule has 1 aliphatic carbocycles. The van der Waals surface area contributed by atoms with Gasteiger partial charge in [-0.2, -0.15) is 0 Å². The van der Waals surface area contributed by atoms with Crippen molar-refractivity contribution in [1.82, 2.24) is 5.32 Å². The fraction of sp³-hybridized carbons (Fsp3) is 0.727. The molecule has 72 valence electrons. The van der Waals surface area contributed by atoms with Gasteiger partial charge < -0.3 is 5.32 Å². The third-order valence-corrected chi connectivity index (χ3v) is 3.54. The Morgan fingerprint density at radius 2 is 1.77 bits per heavy atom. The molecular formula is C11H17NO. The number of hydrogen-bond acceptors (Lipinski definition) is 1. The van der Waals surface area contributed by atoms with Gasteiger partial charge in [0.1, 0.15) is 0 Å². The van der Waals surface area contributed by atoms with Crippen molar-refractivity contribution in [3.63, 3.8) is 0 Å². The van der Waals surface area contributed by atoms with E-state index in [1.54, 1.807) is 0 Å². The second-order valence-corrected chi connectivity index (χ2v) is 4.36. The number of nitrogens with one attached hydrogen (secondary N) is 1. The number of hydrogen-bond donors (Lipinski definition) is 1. The van der Waals surface area contributed by atoms with E-state index in [9.17, 15) is 4.79 Å². The molecule has 0 radical (unpaired) electrons. The number of rotatable bonds is 0. The molecule has 0 saturated carbocycles. The SMILES string of the molecule is C/C1=C(\C)CC[C@H]2NC(=O)[C@H]2CC1. The second kappa shape index (κ2) is 3.17. The minimum Gasteiger partial charge on any atom is -0.352 e. The van der Waals surface area contributed by atoms with Crippen LogP contribution in [0.3, 0.4) is 0 Å². The second-order valence-electron chi connectivity index (χ2n) is 4.36. The molecule has 2 heteroatoms. The van der Waals surface area contributed by atoms with Crippen LogP contribution >= 0.6 is 0 Å². The van der Waals surface area contributed by atoms with Crippen molar-refractivity contribution >= 4 is 5.91 Å². The lowest BCUT2D eigenvalue weighted by Gasteiger charge is -2.38. The van der Waals surface area contributed by atoms with Gasteiger partial charge in [-0.1, -0.05) is 11.1 Å². The quantitative estimate of drug-likeness (QED) is 0.447. The van der Waals surface area contributed by atoms with Crippen LogP contribution in [0.2, 0.25) is 0 Å². The highest BCUT2D eigenvalue weighted by atomic mass is 16.2. The van der Waals surface area contributed by atoms with Crippen molar-refractivity contribution in [2.45, 2.75) is 45.6 Å². The van der Waals surface area contributed by atoms with Gasteiger partial charge in [-0.15, -0.1) is 0 Å². The maximum atomic E-state index is 11.2. The third kappa shape index (κ3) is 1.50. The van der Waals surface area contributed by atoms with Crippen molar-refractivity contribution in [3.8, 4) is 0 Å². The molecule has 1 fully saturated rings. The average Bonchev–Trinajstić information content (AvgIpc) is 2.09. The van der Waals surface area contributed by atoms with Crippen LogP contribution in [-0.4, -0.2) is 11.9 Å². The van der Waals surface area contributed by atoms with Crippen LogP contribution in [0.1, 0.15) is 39.5 Å². The van der Waals surface area contributed by atoms with Gasteiger partial charge in [-0.25, -0.2) is 0 Å². The number of β-lactam (4-membered cyclic amide) rings is 1. The highest BCUT2D eigenvalue weighted by Gasteiger charge is 2.38. The molecule has 0 aromatic rings. The Labute approximate surface area is 79.4 Å². The van der Waals surface area contributed by atoms with Crippen LogP contribution in [0.15, 0.2) is 11.1 Å². The largest absolute Gasteiger partial charge is 0.352 e. The highest BCUT2D eigenvalue weighted by Crippen LogP contribution is 2.31. The summed E-state index contributed by atoms with van der Waals surface area (Å²) in [6.07, 6.45) is 4.47. The lowest BCUT2D eigenvalue weighted by Crippen LogP contribution is -2.58. The molecule has 2 atom stereocenters. The molecule has 0 aromatic heterocycles. The summed E-state index contributed by atoms with van der Waals surface area (Å²) in [4.78, 5) is 11.2. The van der Waals surface area contributed by atoms with Gasteiger partial charge in [0.15, 0.2) is 0 Å². The van der Waals surface area contributed by atoms with E-state index in [-0.39, 0.29) is 5.91 Å². The Morgan fingerprint density at radius 1 is 1.15 bits per heavy atom. The molecule has 1 aliphatic heterocycles. The topological polar surface area (TPSA) is 29.1 Å². The van der Waals surface area contributed by atoms with Crippen molar-refractivity contribution in [1.29, 1.82) is 0 Å². The zero-order valence-corrected chi connectivity index (χ0v) is 8.39. The molecule has 2 rings (SSSR count). The van der Waals surface area contributed by atoms with Gasteiger partial charge in [0.25, 0.3) is 0 Å². The summed E-state index contributed by atoms with van der Waals surface area (Å²) in [5.74, 6) is 0.598. The summed E-state index contributed by atoms with van der Waals surface area (Å²) in [5.41, 5.74) is 3.03. The summed E-state index contributed by atoms with van der Waals surface area (Å²) in [6.45, 7) is 4.42. The summed E-state index contributed by atoms with van der Waals surface area (Å²) in [5, 5.41) is 2.99. The van der Waals surface area contributed by atoms with Gasteiger partial charge in [0.2, 0.25) is 5.91 Å². The maximum absolute atomic E-state index is 11.2. The van der Waals surface area contributed by atoms with E-state index in [2.05, 4.69) is 19.2 Å². The first-order valence-corrected chi connectivity index (χ1v) is 5.14. The van der Waals surface area contributed by atoms with Crippen molar-refractivity contribution in [2.75, 3.05) is 0 Å². The number of allylic oxidation sites excluding steroid dienone is 2. The Morgan fingerprint density at radius 3 is 2.38 bits per heavy atom. The lowest BCUT2D eigenvalue weighted by atomic mass is 9.79. The molecule has 0 unspecified atom stereocenters. The number of amides is 1. The summed E-state index contributed by atoms with van der Waals surface area (Å²) in [6, 6.07) is 0.482. The van der Waals surface area contributed by atoms with E-state index in [1.807, 2.05) is 0 Å². The Balaban J connectivity index is 2.07. The van der Waals surface area contributed by atoms with Crippen molar-refractivity contribution in [3.05, 3.63) is 11.1 Å². The number of carbonyl (C=O) groups is 1. The van der Waals surface area contributed by atoms with E-state index >= 15 is 0 Å². The minimum absolute atomic E-state index is 0.275. The van der Waals surface area contributed by atoms with Crippen LogP contribution in [0, 0.1) is 5.92 Å². The predicted octanol–water partition coefficient (Wildman–Crippen LogP) is 2.01. The number of carbonyl (C=O) groups excluding carboxylic acids is 1. The molecule has 2 nitrogen and oxygen atoms in total. The molecular weight excluding hydrogens is 162 g/mol. The molecule has 1 N–H and O–H groups in total. The molecule has 1 amide bonds. The van der Waals surface area contributed by atoms with E-state index in [0.29, 0.717) is 12.0 Å². The molecule has 2 aliphatic rings.